The summed E-state index contributed by atoms with van der Waals surface area (Å²) in [7, 11) is 0. The number of halogens is 1. The lowest BCUT2D eigenvalue weighted by Crippen LogP contribution is -2.45. The number of likely N-dealkylation sites (tertiary alicyclic amines) is 1. The van der Waals surface area contributed by atoms with Crippen LogP contribution in [0.3, 0.4) is 0 Å². The van der Waals surface area contributed by atoms with Gasteiger partial charge in [-0.3, -0.25) is 4.90 Å². The molecule has 0 amide bonds. The van der Waals surface area contributed by atoms with E-state index in [0.29, 0.717) is 30.3 Å². The second-order valence-electron chi connectivity index (χ2n) is 5.67. The van der Waals surface area contributed by atoms with Crippen LogP contribution < -0.4 is 5.73 Å². The summed E-state index contributed by atoms with van der Waals surface area (Å²) < 4.78 is 6.80. The maximum Gasteiger partial charge on any atom is 0.247 e. The van der Waals surface area contributed by atoms with Crippen LogP contribution in [0, 0.1) is 5.92 Å². The fourth-order valence-corrected chi connectivity index (χ4v) is 2.88. The fraction of sp³-hybridized carbons (Fsp3) is 0.467. The molecule has 2 aromatic rings. The molecule has 0 bridgehead atoms. The second-order valence-corrected chi connectivity index (χ2v) is 6.59. The third-order valence-electron chi connectivity index (χ3n) is 3.97. The smallest absolute Gasteiger partial charge is 0.247 e. The topological polar surface area (TPSA) is 68.2 Å². The highest BCUT2D eigenvalue weighted by molar-refractivity contribution is 9.10. The van der Waals surface area contributed by atoms with E-state index in [0.717, 1.165) is 29.5 Å². The number of hydrogen-bond donors (Lipinski definition) is 1. The van der Waals surface area contributed by atoms with Gasteiger partial charge in [0.1, 0.15) is 0 Å². The summed E-state index contributed by atoms with van der Waals surface area (Å²) in [5.41, 5.74) is 6.98. The van der Waals surface area contributed by atoms with Crippen molar-refractivity contribution < 1.29 is 4.42 Å². The van der Waals surface area contributed by atoms with Crippen molar-refractivity contribution in [2.75, 3.05) is 13.1 Å². The lowest BCUT2D eigenvalue weighted by molar-refractivity contribution is 0.146. The zero-order valence-corrected chi connectivity index (χ0v) is 13.6. The normalized spacial score (nSPS) is 23.4. The number of piperidine rings is 1. The molecular formula is C15H19BrN4O. The average molecular weight is 351 g/mol. The molecule has 5 nitrogen and oxygen atoms in total. The van der Waals surface area contributed by atoms with E-state index in [9.17, 15) is 0 Å². The number of benzene rings is 1. The SMILES string of the molecule is CC1CN(Cc2nnc(-c3ccc(Br)cc3)o2)CCC1N. The van der Waals surface area contributed by atoms with Crippen molar-refractivity contribution in [1.29, 1.82) is 0 Å². The fourth-order valence-electron chi connectivity index (χ4n) is 2.61. The van der Waals surface area contributed by atoms with Crippen LogP contribution >= 0.6 is 15.9 Å². The van der Waals surface area contributed by atoms with Crippen LogP contribution in [0.15, 0.2) is 33.2 Å². The van der Waals surface area contributed by atoms with E-state index >= 15 is 0 Å². The molecule has 2 atom stereocenters. The van der Waals surface area contributed by atoms with Crippen LogP contribution in [-0.4, -0.2) is 34.2 Å². The van der Waals surface area contributed by atoms with E-state index in [2.05, 4.69) is 38.0 Å². The van der Waals surface area contributed by atoms with Gasteiger partial charge in [0.05, 0.1) is 6.54 Å². The minimum atomic E-state index is 0.308. The third kappa shape index (κ3) is 3.51. The number of hydrogen-bond acceptors (Lipinski definition) is 5. The summed E-state index contributed by atoms with van der Waals surface area (Å²) in [6.45, 7) is 4.86. The molecule has 1 aromatic carbocycles. The standard InChI is InChI=1S/C15H19BrN4O/c1-10-8-20(7-6-13(10)17)9-14-18-19-15(21-14)11-2-4-12(16)5-3-11/h2-5,10,13H,6-9,17H2,1H3. The van der Waals surface area contributed by atoms with Crippen LogP contribution in [0.25, 0.3) is 11.5 Å². The number of nitrogens with zero attached hydrogens (tertiary/aromatic N) is 3. The second kappa shape index (κ2) is 6.25. The Morgan fingerprint density at radius 3 is 2.81 bits per heavy atom. The van der Waals surface area contributed by atoms with Gasteiger partial charge in [0.25, 0.3) is 0 Å². The Kier molecular flexibility index (Phi) is 4.37. The predicted molar refractivity (Wildman–Crippen MR) is 84.5 cm³/mol. The van der Waals surface area contributed by atoms with Crippen molar-refractivity contribution in [2.24, 2.45) is 11.7 Å². The molecule has 1 aliphatic heterocycles. The lowest BCUT2D eigenvalue weighted by atomic mass is 9.95. The molecule has 112 valence electrons. The van der Waals surface area contributed by atoms with Crippen molar-refractivity contribution in [2.45, 2.75) is 25.9 Å². The Labute approximate surface area is 132 Å². The van der Waals surface area contributed by atoms with Gasteiger partial charge in [0.15, 0.2) is 0 Å². The molecule has 2 N–H and O–H groups in total. The van der Waals surface area contributed by atoms with E-state index in [1.54, 1.807) is 0 Å². The quantitative estimate of drug-likeness (QED) is 0.921. The molecular weight excluding hydrogens is 332 g/mol. The van der Waals surface area contributed by atoms with Gasteiger partial charge in [-0.25, -0.2) is 0 Å². The Morgan fingerprint density at radius 1 is 1.33 bits per heavy atom. The zero-order valence-electron chi connectivity index (χ0n) is 12.0. The lowest BCUT2D eigenvalue weighted by Gasteiger charge is -2.34. The summed E-state index contributed by atoms with van der Waals surface area (Å²) in [5.74, 6) is 1.74. The van der Waals surface area contributed by atoms with E-state index < -0.39 is 0 Å². The highest BCUT2D eigenvalue weighted by Crippen LogP contribution is 2.22. The van der Waals surface area contributed by atoms with E-state index in [-0.39, 0.29) is 0 Å². The number of nitrogens with two attached hydrogens (primary N) is 1. The first-order chi connectivity index (χ1) is 10.1. The third-order valence-corrected chi connectivity index (χ3v) is 4.50. The van der Waals surface area contributed by atoms with Gasteiger partial charge in [-0.15, -0.1) is 10.2 Å². The first kappa shape index (κ1) is 14.7. The van der Waals surface area contributed by atoms with Crippen molar-refractivity contribution in [3.8, 4) is 11.5 Å². The van der Waals surface area contributed by atoms with Crippen LogP contribution in [0.5, 0.6) is 0 Å². The van der Waals surface area contributed by atoms with Crippen molar-refractivity contribution in [3.63, 3.8) is 0 Å². The summed E-state index contributed by atoms with van der Waals surface area (Å²) in [4.78, 5) is 2.33. The first-order valence-electron chi connectivity index (χ1n) is 7.18. The molecule has 3 rings (SSSR count). The first-order valence-corrected chi connectivity index (χ1v) is 7.97. The Morgan fingerprint density at radius 2 is 2.10 bits per heavy atom. The van der Waals surface area contributed by atoms with Gasteiger partial charge in [-0.05, 0) is 36.6 Å². The van der Waals surface area contributed by atoms with Crippen LogP contribution in [0.2, 0.25) is 0 Å². The van der Waals surface area contributed by atoms with Crippen molar-refractivity contribution >= 4 is 15.9 Å². The summed E-state index contributed by atoms with van der Waals surface area (Å²) in [6.07, 6.45) is 1.02. The van der Waals surface area contributed by atoms with Crippen molar-refractivity contribution in [3.05, 3.63) is 34.6 Å². The van der Waals surface area contributed by atoms with Crippen molar-refractivity contribution in [1.82, 2.24) is 15.1 Å². The summed E-state index contributed by atoms with van der Waals surface area (Å²) in [6, 6.07) is 8.16. The Bertz CT molecular complexity index is 598. The van der Waals surface area contributed by atoms with Gasteiger partial charge < -0.3 is 10.2 Å². The van der Waals surface area contributed by atoms with E-state index in [1.165, 1.54) is 0 Å². The van der Waals surface area contributed by atoms with Crippen LogP contribution in [-0.2, 0) is 6.54 Å². The molecule has 21 heavy (non-hydrogen) atoms. The summed E-state index contributed by atoms with van der Waals surface area (Å²) in [5, 5.41) is 8.28. The highest BCUT2D eigenvalue weighted by Gasteiger charge is 2.24. The molecule has 1 aliphatic rings. The molecule has 2 unspecified atom stereocenters. The predicted octanol–water partition coefficient (Wildman–Crippen LogP) is 2.67. The van der Waals surface area contributed by atoms with Gasteiger partial charge in [0.2, 0.25) is 11.8 Å². The van der Waals surface area contributed by atoms with E-state index in [1.807, 2.05) is 24.3 Å². The molecule has 0 spiro atoms. The van der Waals surface area contributed by atoms with Gasteiger partial charge in [0, 0.05) is 29.2 Å². The van der Waals surface area contributed by atoms with Gasteiger partial charge >= 0.3 is 0 Å². The van der Waals surface area contributed by atoms with Crippen LogP contribution in [0.1, 0.15) is 19.2 Å². The minimum Gasteiger partial charge on any atom is -0.419 e. The maximum atomic E-state index is 6.04. The zero-order chi connectivity index (χ0) is 14.8. The average Bonchev–Trinajstić information content (AvgIpc) is 2.92. The maximum absolute atomic E-state index is 6.04. The molecule has 6 heteroatoms. The molecule has 1 fully saturated rings. The highest BCUT2D eigenvalue weighted by atomic mass is 79.9. The molecule has 0 radical (unpaired) electrons. The van der Waals surface area contributed by atoms with Gasteiger partial charge in [-0.2, -0.15) is 0 Å². The largest absolute Gasteiger partial charge is 0.419 e. The number of aromatic nitrogens is 2. The number of rotatable bonds is 3. The Balaban J connectivity index is 1.66. The monoisotopic (exact) mass is 350 g/mol. The molecule has 0 saturated carbocycles. The molecule has 1 aromatic heterocycles. The van der Waals surface area contributed by atoms with Gasteiger partial charge in [-0.1, -0.05) is 22.9 Å². The molecule has 0 aliphatic carbocycles. The minimum absolute atomic E-state index is 0.308. The Hall–Kier alpha value is -1.24. The molecule has 2 heterocycles. The summed E-state index contributed by atoms with van der Waals surface area (Å²) >= 11 is 3.42. The van der Waals surface area contributed by atoms with E-state index in [4.69, 9.17) is 10.2 Å². The van der Waals surface area contributed by atoms with Crippen LogP contribution in [0.4, 0.5) is 0 Å². The molecule has 1 saturated heterocycles.